The molecule has 19 heavy (non-hydrogen) atoms. The predicted octanol–water partition coefficient (Wildman–Crippen LogP) is 1.41. The minimum absolute atomic E-state index is 0.110. The summed E-state index contributed by atoms with van der Waals surface area (Å²) in [6.07, 6.45) is 2.43. The van der Waals surface area contributed by atoms with Gasteiger partial charge in [0, 0.05) is 25.7 Å². The lowest BCUT2D eigenvalue weighted by Crippen LogP contribution is -2.25. The summed E-state index contributed by atoms with van der Waals surface area (Å²) in [4.78, 5) is 22.3. The summed E-state index contributed by atoms with van der Waals surface area (Å²) in [7, 11) is 1.81. The smallest absolute Gasteiger partial charge is 0.303 e. The van der Waals surface area contributed by atoms with E-state index in [0.29, 0.717) is 18.5 Å². The van der Waals surface area contributed by atoms with Gasteiger partial charge in [0.25, 0.3) is 5.91 Å². The lowest BCUT2D eigenvalue weighted by Gasteiger charge is -2.05. The number of amides is 1. The van der Waals surface area contributed by atoms with Crippen LogP contribution in [0.4, 0.5) is 0 Å². The molecule has 0 atom stereocenters. The van der Waals surface area contributed by atoms with Crippen molar-refractivity contribution in [1.29, 1.82) is 0 Å². The van der Waals surface area contributed by atoms with Gasteiger partial charge in [0.1, 0.15) is 0 Å². The fourth-order valence-corrected chi connectivity index (χ4v) is 1.97. The molecule has 0 bridgehead atoms. The molecule has 0 radical (unpaired) electrons. The van der Waals surface area contributed by atoms with Crippen molar-refractivity contribution in [2.75, 3.05) is 6.54 Å². The van der Waals surface area contributed by atoms with Crippen LogP contribution in [0.15, 0.2) is 0 Å². The van der Waals surface area contributed by atoms with E-state index < -0.39 is 5.97 Å². The van der Waals surface area contributed by atoms with Crippen LogP contribution < -0.4 is 5.32 Å². The summed E-state index contributed by atoms with van der Waals surface area (Å²) in [5.74, 6) is -0.882. The van der Waals surface area contributed by atoms with Gasteiger partial charge >= 0.3 is 5.97 Å². The van der Waals surface area contributed by atoms with Gasteiger partial charge in [-0.3, -0.25) is 14.3 Å². The van der Waals surface area contributed by atoms with Gasteiger partial charge in [-0.05, 0) is 26.7 Å². The highest BCUT2D eigenvalue weighted by molar-refractivity contribution is 5.96. The first kappa shape index (κ1) is 15.2. The molecule has 1 aromatic rings. The maximum Gasteiger partial charge on any atom is 0.303 e. The van der Waals surface area contributed by atoms with Gasteiger partial charge in [-0.15, -0.1) is 0 Å². The first-order chi connectivity index (χ1) is 8.93. The van der Waals surface area contributed by atoms with Gasteiger partial charge in [-0.25, -0.2) is 0 Å². The van der Waals surface area contributed by atoms with Gasteiger partial charge < -0.3 is 10.4 Å². The third-order valence-corrected chi connectivity index (χ3v) is 3.09. The topological polar surface area (TPSA) is 84.2 Å². The molecule has 106 valence electrons. The Balaban J connectivity index is 2.34. The summed E-state index contributed by atoms with van der Waals surface area (Å²) in [6.45, 7) is 4.24. The van der Waals surface area contributed by atoms with Crippen molar-refractivity contribution >= 4 is 11.9 Å². The Hall–Kier alpha value is -1.85. The van der Waals surface area contributed by atoms with Crippen LogP contribution in [0.3, 0.4) is 0 Å². The van der Waals surface area contributed by atoms with E-state index in [-0.39, 0.29) is 12.3 Å². The molecule has 0 fully saturated rings. The van der Waals surface area contributed by atoms with E-state index in [4.69, 9.17) is 5.11 Å². The van der Waals surface area contributed by atoms with Crippen LogP contribution in [0, 0.1) is 13.8 Å². The number of carbonyl (C=O) groups excluding carboxylic acids is 1. The van der Waals surface area contributed by atoms with E-state index in [0.717, 1.165) is 24.2 Å². The number of unbranched alkanes of at least 4 members (excludes halogenated alkanes) is 2. The summed E-state index contributed by atoms with van der Waals surface area (Å²) >= 11 is 0. The molecule has 2 N–H and O–H groups in total. The summed E-state index contributed by atoms with van der Waals surface area (Å²) in [5.41, 5.74) is 2.21. The quantitative estimate of drug-likeness (QED) is 0.732. The SMILES string of the molecule is Cc1nn(C)c(C)c1C(=O)NCCCCCC(=O)O. The van der Waals surface area contributed by atoms with Crippen LogP contribution in [0.1, 0.15) is 47.4 Å². The van der Waals surface area contributed by atoms with E-state index >= 15 is 0 Å². The highest BCUT2D eigenvalue weighted by Gasteiger charge is 2.16. The van der Waals surface area contributed by atoms with Crippen LogP contribution in [0.25, 0.3) is 0 Å². The predicted molar refractivity (Wildman–Crippen MR) is 71.1 cm³/mol. The molecule has 0 aliphatic carbocycles. The Morgan fingerprint density at radius 3 is 2.47 bits per heavy atom. The zero-order valence-corrected chi connectivity index (χ0v) is 11.7. The Morgan fingerprint density at radius 2 is 1.95 bits per heavy atom. The number of hydrogen-bond acceptors (Lipinski definition) is 3. The molecule has 0 saturated carbocycles. The normalized spacial score (nSPS) is 10.5. The van der Waals surface area contributed by atoms with Crippen molar-refractivity contribution in [3.63, 3.8) is 0 Å². The molecule has 0 aliphatic rings. The van der Waals surface area contributed by atoms with Crippen LogP contribution in [-0.2, 0) is 11.8 Å². The molecule has 0 unspecified atom stereocenters. The van der Waals surface area contributed by atoms with E-state index in [9.17, 15) is 9.59 Å². The van der Waals surface area contributed by atoms with Crippen LogP contribution in [0.5, 0.6) is 0 Å². The third kappa shape index (κ3) is 4.39. The zero-order valence-electron chi connectivity index (χ0n) is 11.7. The van der Waals surface area contributed by atoms with E-state index in [1.165, 1.54) is 0 Å². The van der Waals surface area contributed by atoms with Gasteiger partial charge in [-0.2, -0.15) is 5.10 Å². The van der Waals surface area contributed by atoms with E-state index in [1.54, 1.807) is 4.68 Å². The van der Waals surface area contributed by atoms with Crippen LogP contribution >= 0.6 is 0 Å². The van der Waals surface area contributed by atoms with Gasteiger partial charge in [0.15, 0.2) is 0 Å². The third-order valence-electron chi connectivity index (χ3n) is 3.09. The fraction of sp³-hybridized carbons (Fsp3) is 0.615. The summed E-state index contributed by atoms with van der Waals surface area (Å²) in [6, 6.07) is 0. The molecule has 0 spiro atoms. The number of rotatable bonds is 7. The average Bonchev–Trinajstić information content (AvgIpc) is 2.57. The number of nitrogens with zero attached hydrogens (tertiary/aromatic N) is 2. The molecule has 1 heterocycles. The maximum atomic E-state index is 12.0. The molecule has 6 heteroatoms. The fourth-order valence-electron chi connectivity index (χ4n) is 1.97. The molecule has 0 aromatic carbocycles. The van der Waals surface area contributed by atoms with Crippen molar-refractivity contribution in [1.82, 2.24) is 15.1 Å². The Bertz CT molecular complexity index is 466. The minimum atomic E-state index is -0.773. The van der Waals surface area contributed by atoms with Gasteiger partial charge in [-0.1, -0.05) is 6.42 Å². The van der Waals surface area contributed by atoms with Crippen LogP contribution in [-0.4, -0.2) is 33.3 Å². The van der Waals surface area contributed by atoms with E-state index in [2.05, 4.69) is 10.4 Å². The first-order valence-corrected chi connectivity index (χ1v) is 6.43. The second-order valence-electron chi connectivity index (χ2n) is 4.63. The Morgan fingerprint density at radius 1 is 1.26 bits per heavy atom. The Labute approximate surface area is 112 Å². The number of carboxylic acids is 1. The van der Waals surface area contributed by atoms with Crippen molar-refractivity contribution in [2.24, 2.45) is 7.05 Å². The number of nitrogens with one attached hydrogen (secondary N) is 1. The number of aromatic nitrogens is 2. The second kappa shape index (κ2) is 6.92. The van der Waals surface area contributed by atoms with Gasteiger partial charge in [0.2, 0.25) is 0 Å². The molecule has 6 nitrogen and oxygen atoms in total. The number of aliphatic carboxylic acids is 1. The highest BCUT2D eigenvalue weighted by Crippen LogP contribution is 2.11. The lowest BCUT2D eigenvalue weighted by atomic mass is 10.1. The number of aryl methyl sites for hydroxylation is 2. The molecular weight excluding hydrogens is 246 g/mol. The molecular formula is C13H21N3O3. The number of carboxylic acid groups (broad SMARTS) is 1. The van der Waals surface area contributed by atoms with Crippen molar-refractivity contribution in [2.45, 2.75) is 39.5 Å². The number of carbonyl (C=O) groups is 2. The average molecular weight is 267 g/mol. The number of hydrogen-bond donors (Lipinski definition) is 2. The molecule has 1 amide bonds. The minimum Gasteiger partial charge on any atom is -0.481 e. The highest BCUT2D eigenvalue weighted by atomic mass is 16.4. The monoisotopic (exact) mass is 267 g/mol. The largest absolute Gasteiger partial charge is 0.481 e. The van der Waals surface area contributed by atoms with Crippen molar-refractivity contribution in [3.8, 4) is 0 Å². The second-order valence-corrected chi connectivity index (χ2v) is 4.63. The molecule has 1 rings (SSSR count). The molecule has 0 aliphatic heterocycles. The van der Waals surface area contributed by atoms with Crippen LogP contribution in [0.2, 0.25) is 0 Å². The zero-order chi connectivity index (χ0) is 14.4. The lowest BCUT2D eigenvalue weighted by molar-refractivity contribution is -0.137. The molecule has 0 saturated heterocycles. The van der Waals surface area contributed by atoms with Crippen molar-refractivity contribution < 1.29 is 14.7 Å². The van der Waals surface area contributed by atoms with Crippen molar-refractivity contribution in [3.05, 3.63) is 17.0 Å². The van der Waals surface area contributed by atoms with E-state index in [1.807, 2.05) is 20.9 Å². The summed E-state index contributed by atoms with van der Waals surface area (Å²) in [5, 5.41) is 15.5. The summed E-state index contributed by atoms with van der Waals surface area (Å²) < 4.78 is 1.69. The Kier molecular flexibility index (Phi) is 5.54. The van der Waals surface area contributed by atoms with Gasteiger partial charge in [0.05, 0.1) is 11.3 Å². The standard InChI is InChI=1S/C13H21N3O3/c1-9-12(10(2)16(3)15-9)13(19)14-8-6-4-5-7-11(17)18/h4-8H2,1-3H3,(H,14,19)(H,17,18). The maximum absolute atomic E-state index is 12.0. The molecule has 1 aromatic heterocycles. The first-order valence-electron chi connectivity index (χ1n) is 6.43.